The Balaban J connectivity index is 1.91. The van der Waals surface area contributed by atoms with Gasteiger partial charge >= 0.3 is 0 Å². The lowest BCUT2D eigenvalue weighted by Gasteiger charge is -2.35. The van der Waals surface area contributed by atoms with E-state index in [-0.39, 0.29) is 5.54 Å². The number of rotatable bonds is 2. The van der Waals surface area contributed by atoms with Gasteiger partial charge in [-0.1, -0.05) is 0 Å². The van der Waals surface area contributed by atoms with Crippen molar-refractivity contribution >= 4 is 0 Å². The average Bonchev–Trinajstić information content (AvgIpc) is 2.59. The van der Waals surface area contributed by atoms with Gasteiger partial charge in [-0.05, 0) is 58.3 Å². The summed E-state index contributed by atoms with van der Waals surface area (Å²) in [6.07, 6.45) is 4.89. The summed E-state index contributed by atoms with van der Waals surface area (Å²) >= 11 is 0. The Labute approximate surface area is 87.1 Å². The quantitative estimate of drug-likeness (QED) is 0.709. The van der Waals surface area contributed by atoms with Gasteiger partial charge in [0.05, 0.1) is 5.60 Å². The first-order chi connectivity index (χ1) is 6.39. The van der Waals surface area contributed by atoms with E-state index < -0.39 is 5.60 Å². The molecule has 0 saturated heterocycles. The van der Waals surface area contributed by atoms with Gasteiger partial charge in [-0.15, -0.1) is 0 Å². The van der Waals surface area contributed by atoms with Crippen molar-refractivity contribution in [1.82, 2.24) is 5.32 Å². The number of hydrogen-bond acceptors (Lipinski definition) is 2. The number of nitrogens with one attached hydrogen (secondary N) is 1. The van der Waals surface area contributed by atoms with Gasteiger partial charge in [-0.2, -0.15) is 0 Å². The Bertz CT molecular complexity index is 221. The van der Waals surface area contributed by atoms with Crippen molar-refractivity contribution in [2.24, 2.45) is 11.8 Å². The van der Waals surface area contributed by atoms with Crippen LogP contribution in [0.25, 0.3) is 0 Å². The minimum Gasteiger partial charge on any atom is -0.388 e. The van der Waals surface area contributed by atoms with Gasteiger partial charge in [0.25, 0.3) is 0 Å². The molecular weight excluding hydrogens is 174 g/mol. The molecule has 2 rings (SSSR count). The molecule has 3 unspecified atom stereocenters. The monoisotopic (exact) mass is 197 g/mol. The molecule has 0 aromatic heterocycles. The lowest BCUT2D eigenvalue weighted by Crippen LogP contribution is -2.50. The molecule has 2 fully saturated rings. The first-order valence-corrected chi connectivity index (χ1v) is 5.86. The Morgan fingerprint density at radius 3 is 2.50 bits per heavy atom. The van der Waals surface area contributed by atoms with Crippen LogP contribution in [0.15, 0.2) is 0 Å². The van der Waals surface area contributed by atoms with Crippen LogP contribution in [0.4, 0.5) is 0 Å². The summed E-state index contributed by atoms with van der Waals surface area (Å²) in [6.45, 7) is 7.24. The number of aliphatic hydroxyl groups is 1. The topological polar surface area (TPSA) is 32.3 Å². The molecule has 0 aliphatic heterocycles. The second-order valence-corrected chi connectivity index (χ2v) is 6.29. The fourth-order valence-electron chi connectivity index (χ4n) is 3.05. The van der Waals surface area contributed by atoms with Crippen molar-refractivity contribution in [3.05, 3.63) is 0 Å². The number of hydrogen-bond donors (Lipinski definition) is 2. The molecule has 14 heavy (non-hydrogen) atoms. The fraction of sp³-hybridized carbons (Fsp3) is 1.00. The lowest BCUT2D eigenvalue weighted by atomic mass is 9.83. The zero-order valence-electron chi connectivity index (χ0n) is 9.64. The molecule has 0 spiro atoms. The van der Waals surface area contributed by atoms with Crippen LogP contribution < -0.4 is 5.32 Å². The number of β-amino-alcohol motifs (C(OH)–C–C–N with tert-alkyl or cyclic N) is 1. The molecule has 2 aliphatic carbocycles. The molecular formula is C12H23NO. The van der Waals surface area contributed by atoms with Crippen LogP contribution in [-0.4, -0.2) is 22.8 Å². The lowest BCUT2D eigenvalue weighted by molar-refractivity contribution is -0.0162. The van der Waals surface area contributed by atoms with E-state index in [1.54, 1.807) is 0 Å². The van der Waals surface area contributed by atoms with E-state index in [9.17, 15) is 5.11 Å². The Kier molecular flexibility index (Phi) is 2.39. The van der Waals surface area contributed by atoms with Crippen molar-refractivity contribution in [3.8, 4) is 0 Å². The summed E-state index contributed by atoms with van der Waals surface area (Å²) < 4.78 is 0. The van der Waals surface area contributed by atoms with Crippen LogP contribution in [0.1, 0.15) is 46.5 Å². The van der Waals surface area contributed by atoms with Crippen molar-refractivity contribution in [2.75, 3.05) is 6.54 Å². The molecule has 0 amide bonds. The molecule has 2 bridgehead atoms. The highest BCUT2D eigenvalue weighted by Crippen LogP contribution is 2.50. The standard InChI is InChI=1S/C12H23NO/c1-11(2,3)13-8-12(14)7-9-4-5-10(12)6-9/h9-10,13-14H,4-8H2,1-3H3. The Morgan fingerprint density at radius 1 is 1.36 bits per heavy atom. The van der Waals surface area contributed by atoms with Crippen LogP contribution >= 0.6 is 0 Å². The van der Waals surface area contributed by atoms with Crippen molar-refractivity contribution < 1.29 is 5.11 Å². The van der Waals surface area contributed by atoms with E-state index in [1.165, 1.54) is 19.3 Å². The number of fused-ring (bicyclic) bond motifs is 2. The van der Waals surface area contributed by atoms with E-state index >= 15 is 0 Å². The van der Waals surface area contributed by atoms with Crippen LogP contribution in [0.5, 0.6) is 0 Å². The molecule has 3 atom stereocenters. The third kappa shape index (κ3) is 1.96. The second kappa shape index (κ2) is 3.21. The minimum atomic E-state index is -0.393. The molecule has 0 heterocycles. The first-order valence-electron chi connectivity index (χ1n) is 5.86. The molecule has 0 aromatic rings. The molecule has 2 N–H and O–H groups in total. The van der Waals surface area contributed by atoms with E-state index in [0.717, 1.165) is 18.9 Å². The fourth-order valence-corrected chi connectivity index (χ4v) is 3.05. The molecule has 2 heteroatoms. The zero-order chi connectivity index (χ0) is 10.4. The first kappa shape index (κ1) is 10.4. The minimum absolute atomic E-state index is 0.123. The summed E-state index contributed by atoms with van der Waals surface area (Å²) in [5, 5.41) is 13.9. The summed E-state index contributed by atoms with van der Waals surface area (Å²) in [6, 6.07) is 0. The molecule has 2 aliphatic rings. The van der Waals surface area contributed by atoms with Gasteiger partial charge in [0, 0.05) is 12.1 Å². The summed E-state index contributed by atoms with van der Waals surface area (Å²) in [4.78, 5) is 0. The van der Waals surface area contributed by atoms with E-state index in [2.05, 4.69) is 26.1 Å². The average molecular weight is 197 g/mol. The van der Waals surface area contributed by atoms with Gasteiger partial charge in [0.2, 0.25) is 0 Å². The van der Waals surface area contributed by atoms with Crippen molar-refractivity contribution in [1.29, 1.82) is 0 Å². The van der Waals surface area contributed by atoms with Gasteiger partial charge in [0.15, 0.2) is 0 Å². The van der Waals surface area contributed by atoms with Crippen molar-refractivity contribution in [2.45, 2.75) is 57.6 Å². The Hall–Kier alpha value is -0.0800. The maximum absolute atomic E-state index is 10.5. The van der Waals surface area contributed by atoms with Crippen LogP contribution in [0.3, 0.4) is 0 Å². The largest absolute Gasteiger partial charge is 0.388 e. The normalized spacial score (nSPS) is 42.0. The van der Waals surface area contributed by atoms with Crippen LogP contribution in [0.2, 0.25) is 0 Å². The van der Waals surface area contributed by atoms with Gasteiger partial charge in [-0.3, -0.25) is 0 Å². The zero-order valence-corrected chi connectivity index (χ0v) is 9.64. The highest BCUT2D eigenvalue weighted by atomic mass is 16.3. The highest BCUT2D eigenvalue weighted by Gasteiger charge is 2.49. The third-order valence-electron chi connectivity index (χ3n) is 3.87. The molecule has 0 aromatic carbocycles. The highest BCUT2D eigenvalue weighted by molar-refractivity contribution is 5.02. The SMILES string of the molecule is CC(C)(C)NCC1(O)CC2CCC1C2. The van der Waals surface area contributed by atoms with E-state index in [1.807, 2.05) is 0 Å². The van der Waals surface area contributed by atoms with Gasteiger partial charge in [-0.25, -0.2) is 0 Å². The van der Waals surface area contributed by atoms with Gasteiger partial charge in [0.1, 0.15) is 0 Å². The predicted molar refractivity (Wildman–Crippen MR) is 58.2 cm³/mol. The molecule has 2 nitrogen and oxygen atoms in total. The third-order valence-corrected chi connectivity index (χ3v) is 3.87. The smallest absolute Gasteiger partial charge is 0.0802 e. The predicted octanol–water partition coefficient (Wildman–Crippen LogP) is 1.93. The van der Waals surface area contributed by atoms with Crippen molar-refractivity contribution in [3.63, 3.8) is 0 Å². The summed E-state index contributed by atoms with van der Waals surface area (Å²) in [5.74, 6) is 1.38. The van der Waals surface area contributed by atoms with Gasteiger partial charge < -0.3 is 10.4 Å². The van der Waals surface area contributed by atoms with Crippen LogP contribution in [-0.2, 0) is 0 Å². The maximum Gasteiger partial charge on any atom is 0.0802 e. The van der Waals surface area contributed by atoms with E-state index in [0.29, 0.717) is 5.92 Å². The molecule has 2 saturated carbocycles. The van der Waals surface area contributed by atoms with Crippen LogP contribution in [0, 0.1) is 11.8 Å². The summed E-state index contributed by atoms with van der Waals surface area (Å²) in [5.41, 5.74) is -0.270. The maximum atomic E-state index is 10.5. The summed E-state index contributed by atoms with van der Waals surface area (Å²) in [7, 11) is 0. The Morgan fingerprint density at radius 2 is 2.07 bits per heavy atom. The molecule has 0 radical (unpaired) electrons. The second-order valence-electron chi connectivity index (χ2n) is 6.29. The van der Waals surface area contributed by atoms with E-state index in [4.69, 9.17) is 0 Å². The molecule has 82 valence electrons.